The van der Waals surface area contributed by atoms with Crippen molar-refractivity contribution in [3.05, 3.63) is 34.3 Å². The van der Waals surface area contributed by atoms with Gasteiger partial charge in [-0.1, -0.05) is 28.1 Å². The van der Waals surface area contributed by atoms with Gasteiger partial charge in [-0.2, -0.15) is 0 Å². The molecule has 0 spiro atoms. The molecule has 14 heavy (non-hydrogen) atoms. The standard InChI is InChI=1S/C9H10BrNO2S/c10-8-3-1-2-7(6-8)9-4-5-14(12,13)11-9/h1-3,6,9,11H,4-5H2. The lowest BCUT2D eigenvalue weighted by Gasteiger charge is -2.08. The number of rotatable bonds is 1. The van der Waals surface area contributed by atoms with Crippen LogP contribution in [0.5, 0.6) is 0 Å². The van der Waals surface area contributed by atoms with E-state index < -0.39 is 10.0 Å². The van der Waals surface area contributed by atoms with Crippen molar-refractivity contribution in [1.29, 1.82) is 0 Å². The van der Waals surface area contributed by atoms with Crippen molar-refractivity contribution >= 4 is 26.0 Å². The molecule has 5 heteroatoms. The zero-order valence-electron chi connectivity index (χ0n) is 7.40. The molecule has 1 atom stereocenters. The molecule has 1 heterocycles. The van der Waals surface area contributed by atoms with Crippen molar-refractivity contribution in [1.82, 2.24) is 4.72 Å². The molecule has 1 aromatic rings. The highest BCUT2D eigenvalue weighted by Crippen LogP contribution is 2.25. The van der Waals surface area contributed by atoms with Gasteiger partial charge in [-0.05, 0) is 24.1 Å². The van der Waals surface area contributed by atoms with Crippen LogP contribution in [0.25, 0.3) is 0 Å². The highest BCUT2D eigenvalue weighted by atomic mass is 79.9. The summed E-state index contributed by atoms with van der Waals surface area (Å²) in [5, 5.41) is 0. The number of benzene rings is 1. The van der Waals surface area contributed by atoms with Crippen molar-refractivity contribution in [3.63, 3.8) is 0 Å². The molecule has 1 unspecified atom stereocenters. The fourth-order valence-electron chi connectivity index (χ4n) is 1.57. The van der Waals surface area contributed by atoms with Crippen LogP contribution in [-0.4, -0.2) is 14.2 Å². The molecular formula is C9H10BrNO2S. The molecule has 0 aromatic heterocycles. The van der Waals surface area contributed by atoms with Crippen LogP contribution in [-0.2, 0) is 10.0 Å². The van der Waals surface area contributed by atoms with Gasteiger partial charge in [0.25, 0.3) is 0 Å². The Bertz CT molecular complexity index is 444. The largest absolute Gasteiger partial charge is 0.212 e. The molecule has 3 nitrogen and oxygen atoms in total. The van der Waals surface area contributed by atoms with Gasteiger partial charge in [0.2, 0.25) is 10.0 Å². The van der Waals surface area contributed by atoms with Crippen LogP contribution in [0.1, 0.15) is 18.0 Å². The monoisotopic (exact) mass is 275 g/mol. The van der Waals surface area contributed by atoms with Crippen molar-refractivity contribution in [2.75, 3.05) is 5.75 Å². The van der Waals surface area contributed by atoms with E-state index in [4.69, 9.17) is 0 Å². The first-order valence-corrected chi connectivity index (χ1v) is 6.77. The molecule has 1 aliphatic rings. The maximum absolute atomic E-state index is 11.2. The molecule has 1 fully saturated rings. The highest BCUT2D eigenvalue weighted by molar-refractivity contribution is 9.10. The average molecular weight is 276 g/mol. The smallest absolute Gasteiger partial charge is 0.212 e. The summed E-state index contributed by atoms with van der Waals surface area (Å²) in [6.45, 7) is 0. The molecular weight excluding hydrogens is 266 g/mol. The molecule has 0 bridgehead atoms. The Hall–Kier alpha value is -0.390. The molecule has 0 saturated carbocycles. The fraction of sp³-hybridized carbons (Fsp3) is 0.333. The van der Waals surface area contributed by atoms with Crippen molar-refractivity contribution < 1.29 is 8.42 Å². The molecule has 1 aromatic carbocycles. The van der Waals surface area contributed by atoms with Gasteiger partial charge in [0.05, 0.1) is 5.75 Å². The third-order valence-electron chi connectivity index (χ3n) is 2.25. The van der Waals surface area contributed by atoms with Crippen LogP contribution in [0.15, 0.2) is 28.7 Å². The minimum atomic E-state index is -3.02. The van der Waals surface area contributed by atoms with Gasteiger partial charge < -0.3 is 0 Å². The topological polar surface area (TPSA) is 46.2 Å². The summed E-state index contributed by atoms with van der Waals surface area (Å²) in [6.07, 6.45) is 0.652. The number of hydrogen-bond donors (Lipinski definition) is 1. The van der Waals surface area contributed by atoms with Gasteiger partial charge in [0.15, 0.2) is 0 Å². The minimum Gasteiger partial charge on any atom is -0.212 e. The van der Waals surface area contributed by atoms with Crippen molar-refractivity contribution in [2.24, 2.45) is 0 Å². The van der Waals surface area contributed by atoms with E-state index >= 15 is 0 Å². The van der Waals surface area contributed by atoms with E-state index in [1.165, 1.54) is 0 Å². The van der Waals surface area contributed by atoms with Crippen LogP contribution >= 0.6 is 15.9 Å². The summed E-state index contributed by atoms with van der Waals surface area (Å²) >= 11 is 3.36. The second kappa shape index (κ2) is 3.64. The summed E-state index contributed by atoms with van der Waals surface area (Å²) in [5.41, 5.74) is 1.01. The summed E-state index contributed by atoms with van der Waals surface area (Å²) in [6, 6.07) is 7.65. The lowest BCUT2D eigenvalue weighted by atomic mass is 10.1. The predicted molar refractivity (Wildman–Crippen MR) is 58.4 cm³/mol. The zero-order valence-corrected chi connectivity index (χ0v) is 9.81. The van der Waals surface area contributed by atoms with E-state index in [-0.39, 0.29) is 11.8 Å². The summed E-state index contributed by atoms with van der Waals surface area (Å²) in [7, 11) is -3.02. The molecule has 1 aliphatic heterocycles. The Labute approximate surface area is 91.7 Å². The quantitative estimate of drug-likeness (QED) is 0.850. The van der Waals surface area contributed by atoms with Gasteiger partial charge >= 0.3 is 0 Å². The molecule has 0 amide bonds. The number of nitrogens with one attached hydrogen (secondary N) is 1. The van der Waals surface area contributed by atoms with Crippen molar-refractivity contribution in [3.8, 4) is 0 Å². The van der Waals surface area contributed by atoms with Gasteiger partial charge in [-0.15, -0.1) is 0 Å². The predicted octanol–water partition coefficient (Wildman–Crippen LogP) is 1.81. The number of hydrogen-bond acceptors (Lipinski definition) is 2. The van der Waals surface area contributed by atoms with E-state index in [1.807, 2.05) is 24.3 Å². The van der Waals surface area contributed by atoms with Crippen LogP contribution in [0.2, 0.25) is 0 Å². The van der Waals surface area contributed by atoms with Gasteiger partial charge in [-0.3, -0.25) is 0 Å². The van der Waals surface area contributed by atoms with E-state index in [1.54, 1.807) is 0 Å². The zero-order chi connectivity index (χ0) is 10.2. The molecule has 1 saturated heterocycles. The second-order valence-corrected chi connectivity index (χ2v) is 6.12. The van der Waals surface area contributed by atoms with Crippen molar-refractivity contribution in [2.45, 2.75) is 12.5 Å². The molecule has 0 aliphatic carbocycles. The fourth-order valence-corrected chi connectivity index (χ4v) is 3.33. The lowest BCUT2D eigenvalue weighted by Crippen LogP contribution is -2.19. The van der Waals surface area contributed by atoms with E-state index in [0.717, 1.165) is 10.0 Å². The molecule has 76 valence electrons. The maximum Gasteiger partial charge on any atom is 0.212 e. The SMILES string of the molecule is O=S1(=O)CCC(c2cccc(Br)c2)N1. The Morgan fingerprint density at radius 1 is 1.43 bits per heavy atom. The number of halogens is 1. The first-order valence-electron chi connectivity index (χ1n) is 4.32. The Morgan fingerprint density at radius 3 is 2.79 bits per heavy atom. The van der Waals surface area contributed by atoms with E-state index in [9.17, 15) is 8.42 Å². The van der Waals surface area contributed by atoms with Crippen LogP contribution in [0.3, 0.4) is 0 Å². The second-order valence-electron chi connectivity index (χ2n) is 3.33. The van der Waals surface area contributed by atoms with E-state index in [0.29, 0.717) is 6.42 Å². The first-order chi connectivity index (χ1) is 6.57. The summed E-state index contributed by atoms with van der Waals surface area (Å²) in [4.78, 5) is 0. The van der Waals surface area contributed by atoms with Gasteiger partial charge in [-0.25, -0.2) is 13.1 Å². The summed E-state index contributed by atoms with van der Waals surface area (Å²) < 4.78 is 26.0. The third kappa shape index (κ3) is 2.16. The molecule has 1 N–H and O–H groups in total. The molecule has 0 radical (unpaired) electrons. The third-order valence-corrected chi connectivity index (χ3v) is 4.16. The highest BCUT2D eigenvalue weighted by Gasteiger charge is 2.27. The maximum atomic E-state index is 11.2. The lowest BCUT2D eigenvalue weighted by molar-refractivity contribution is 0.586. The summed E-state index contributed by atoms with van der Waals surface area (Å²) in [5.74, 6) is 0.226. The Balaban J connectivity index is 2.26. The molecule has 2 rings (SSSR count). The first kappa shape index (κ1) is 10.1. The number of sulfonamides is 1. The van der Waals surface area contributed by atoms with Crippen LogP contribution in [0, 0.1) is 0 Å². The normalized spacial score (nSPS) is 25.1. The van der Waals surface area contributed by atoms with Crippen LogP contribution in [0.4, 0.5) is 0 Å². The van der Waals surface area contributed by atoms with Crippen LogP contribution < -0.4 is 4.72 Å². The van der Waals surface area contributed by atoms with Gasteiger partial charge in [0, 0.05) is 10.5 Å². The Kier molecular flexibility index (Phi) is 2.64. The minimum absolute atomic E-state index is 0.0579. The van der Waals surface area contributed by atoms with E-state index in [2.05, 4.69) is 20.7 Å². The van der Waals surface area contributed by atoms with Gasteiger partial charge in [0.1, 0.15) is 0 Å². The Morgan fingerprint density at radius 2 is 2.21 bits per heavy atom. The average Bonchev–Trinajstić information content (AvgIpc) is 2.46.